The van der Waals surface area contributed by atoms with Crippen molar-refractivity contribution in [3.63, 3.8) is 0 Å². The van der Waals surface area contributed by atoms with Crippen molar-refractivity contribution in [1.29, 1.82) is 0 Å². The van der Waals surface area contributed by atoms with Crippen molar-refractivity contribution in [2.45, 2.75) is 83.0 Å². The van der Waals surface area contributed by atoms with E-state index in [1.54, 1.807) is 0 Å². The number of ether oxygens (including phenoxy) is 3. The van der Waals surface area contributed by atoms with Gasteiger partial charge in [-0.15, -0.1) is 0 Å². The van der Waals surface area contributed by atoms with Gasteiger partial charge in [0.15, 0.2) is 0 Å². The van der Waals surface area contributed by atoms with Crippen molar-refractivity contribution >= 4 is 5.97 Å². The molecule has 1 unspecified atom stereocenters. The first kappa shape index (κ1) is 15.8. The van der Waals surface area contributed by atoms with Crippen LogP contribution in [0.1, 0.15) is 64.7 Å². The van der Waals surface area contributed by atoms with Crippen molar-refractivity contribution in [2.75, 3.05) is 13.2 Å². The Hall–Kier alpha value is -0.610. The van der Waals surface area contributed by atoms with Gasteiger partial charge in [0.25, 0.3) is 0 Å². The summed E-state index contributed by atoms with van der Waals surface area (Å²) in [7, 11) is 0. The van der Waals surface area contributed by atoms with Crippen molar-refractivity contribution in [3.05, 3.63) is 0 Å². The van der Waals surface area contributed by atoms with Crippen LogP contribution in [0.5, 0.6) is 0 Å². The molecule has 0 N–H and O–H groups in total. The lowest BCUT2D eigenvalue weighted by atomic mass is 10.0. The fraction of sp³-hybridized carbons (Fsp3) is 0.938. The monoisotopic (exact) mass is 284 g/mol. The van der Waals surface area contributed by atoms with Crippen LogP contribution in [0.15, 0.2) is 0 Å². The van der Waals surface area contributed by atoms with E-state index >= 15 is 0 Å². The van der Waals surface area contributed by atoms with E-state index in [9.17, 15) is 4.79 Å². The van der Waals surface area contributed by atoms with Gasteiger partial charge < -0.3 is 14.2 Å². The van der Waals surface area contributed by atoms with Gasteiger partial charge in [0, 0.05) is 19.6 Å². The van der Waals surface area contributed by atoms with Gasteiger partial charge in [-0.25, -0.2) is 0 Å². The van der Waals surface area contributed by atoms with Gasteiger partial charge in [-0.05, 0) is 51.4 Å². The van der Waals surface area contributed by atoms with Gasteiger partial charge in [-0.1, -0.05) is 6.92 Å². The summed E-state index contributed by atoms with van der Waals surface area (Å²) in [6, 6.07) is 0. The van der Waals surface area contributed by atoms with E-state index in [0.717, 1.165) is 51.7 Å². The average Bonchev–Trinajstić information content (AvgIpc) is 3.14. The van der Waals surface area contributed by atoms with Crippen LogP contribution >= 0.6 is 0 Å². The van der Waals surface area contributed by atoms with Crippen LogP contribution < -0.4 is 0 Å². The number of hydrogen-bond donors (Lipinski definition) is 0. The first-order chi connectivity index (χ1) is 9.78. The molecule has 2 fully saturated rings. The Balaban J connectivity index is 1.71. The van der Waals surface area contributed by atoms with Crippen LogP contribution in [0.2, 0.25) is 0 Å². The van der Waals surface area contributed by atoms with Crippen LogP contribution in [0.3, 0.4) is 0 Å². The molecule has 3 atom stereocenters. The number of rotatable bonds is 8. The smallest absolute Gasteiger partial charge is 0.305 e. The van der Waals surface area contributed by atoms with Gasteiger partial charge >= 0.3 is 5.97 Å². The Bertz CT molecular complexity index is 260. The summed E-state index contributed by atoms with van der Waals surface area (Å²) in [5.74, 6) is -0.0883. The van der Waals surface area contributed by atoms with E-state index in [-0.39, 0.29) is 12.1 Å². The average molecular weight is 284 g/mol. The van der Waals surface area contributed by atoms with Crippen molar-refractivity contribution < 1.29 is 19.0 Å². The summed E-state index contributed by atoms with van der Waals surface area (Å²) >= 11 is 0. The molecule has 0 aromatic rings. The second-order valence-electron chi connectivity index (χ2n) is 5.89. The highest BCUT2D eigenvalue weighted by Crippen LogP contribution is 2.23. The lowest BCUT2D eigenvalue weighted by molar-refractivity contribution is -0.150. The first-order valence-corrected chi connectivity index (χ1v) is 8.20. The number of carbonyl (C=O) groups excluding carboxylic acids is 1. The Labute approximate surface area is 122 Å². The third-order valence-electron chi connectivity index (χ3n) is 4.26. The van der Waals surface area contributed by atoms with Crippen LogP contribution in [0.4, 0.5) is 0 Å². The topological polar surface area (TPSA) is 44.8 Å². The lowest BCUT2D eigenvalue weighted by Gasteiger charge is -2.20. The fourth-order valence-electron chi connectivity index (χ4n) is 3.02. The molecule has 0 radical (unpaired) electrons. The molecular formula is C16H28O4. The van der Waals surface area contributed by atoms with Gasteiger partial charge in [-0.2, -0.15) is 0 Å². The zero-order valence-electron chi connectivity index (χ0n) is 12.6. The predicted molar refractivity (Wildman–Crippen MR) is 76.6 cm³/mol. The molecule has 2 heterocycles. The minimum absolute atomic E-state index is 0.0378. The molecule has 4 heteroatoms. The maximum Gasteiger partial charge on any atom is 0.305 e. The van der Waals surface area contributed by atoms with Crippen molar-refractivity contribution in [2.24, 2.45) is 0 Å². The summed E-state index contributed by atoms with van der Waals surface area (Å²) in [6.45, 7) is 3.62. The Morgan fingerprint density at radius 3 is 2.05 bits per heavy atom. The van der Waals surface area contributed by atoms with Gasteiger partial charge in [0.2, 0.25) is 0 Å². The quantitative estimate of drug-likeness (QED) is 0.642. The number of hydrogen-bond acceptors (Lipinski definition) is 4. The number of esters is 1. The van der Waals surface area contributed by atoms with Crippen LogP contribution in [-0.4, -0.2) is 37.5 Å². The van der Waals surface area contributed by atoms with Crippen molar-refractivity contribution in [1.82, 2.24) is 0 Å². The molecule has 0 aliphatic carbocycles. The van der Waals surface area contributed by atoms with E-state index in [0.29, 0.717) is 18.6 Å². The standard InChI is InChI=1S/C16H28O4/c1-2-16(17)20-15(9-7-13-5-3-11-18-13)10-8-14-6-4-12-19-14/h13-15H,2-12H2,1H3/t13-,14+,15?. The van der Waals surface area contributed by atoms with Crippen molar-refractivity contribution in [3.8, 4) is 0 Å². The Morgan fingerprint density at radius 2 is 1.65 bits per heavy atom. The van der Waals surface area contributed by atoms with E-state index in [4.69, 9.17) is 14.2 Å². The molecule has 0 aromatic heterocycles. The molecule has 0 amide bonds. The third kappa shape index (κ3) is 5.41. The van der Waals surface area contributed by atoms with E-state index in [1.807, 2.05) is 6.92 Å². The lowest BCUT2D eigenvalue weighted by Crippen LogP contribution is -2.22. The van der Waals surface area contributed by atoms with Crippen LogP contribution in [0.25, 0.3) is 0 Å². The minimum atomic E-state index is -0.0883. The molecule has 2 aliphatic rings. The van der Waals surface area contributed by atoms with E-state index in [1.165, 1.54) is 12.8 Å². The molecule has 0 bridgehead atoms. The minimum Gasteiger partial charge on any atom is -0.462 e. The second-order valence-corrected chi connectivity index (χ2v) is 5.89. The summed E-state index contributed by atoms with van der Waals surface area (Å²) in [4.78, 5) is 11.5. The van der Waals surface area contributed by atoms with Gasteiger partial charge in [0.05, 0.1) is 12.2 Å². The third-order valence-corrected chi connectivity index (χ3v) is 4.26. The van der Waals surface area contributed by atoms with E-state index in [2.05, 4.69) is 0 Å². The highest BCUT2D eigenvalue weighted by Gasteiger charge is 2.22. The maximum atomic E-state index is 11.5. The molecule has 20 heavy (non-hydrogen) atoms. The van der Waals surface area contributed by atoms with Gasteiger partial charge in [-0.3, -0.25) is 4.79 Å². The molecule has 0 aromatic carbocycles. The molecule has 2 rings (SSSR count). The molecule has 2 saturated heterocycles. The normalized spacial score (nSPS) is 27.6. The SMILES string of the molecule is CCC(=O)OC(CC[C@H]1CCCO1)CC[C@@H]1CCCO1. The second kappa shape index (κ2) is 8.63. The highest BCUT2D eigenvalue weighted by molar-refractivity contribution is 5.69. The summed E-state index contributed by atoms with van der Waals surface area (Å²) < 4.78 is 16.9. The summed E-state index contributed by atoms with van der Waals surface area (Å²) in [6.07, 6.45) is 9.74. The Kier molecular flexibility index (Phi) is 6.80. The first-order valence-electron chi connectivity index (χ1n) is 8.20. The van der Waals surface area contributed by atoms with Crippen LogP contribution in [0, 0.1) is 0 Å². The molecule has 4 nitrogen and oxygen atoms in total. The predicted octanol–water partition coefficient (Wildman–Crippen LogP) is 3.23. The van der Waals surface area contributed by atoms with E-state index < -0.39 is 0 Å². The maximum absolute atomic E-state index is 11.5. The number of carbonyl (C=O) groups is 1. The molecule has 0 saturated carbocycles. The zero-order chi connectivity index (χ0) is 14.2. The molecule has 2 aliphatic heterocycles. The molecule has 0 spiro atoms. The highest BCUT2D eigenvalue weighted by atomic mass is 16.5. The summed E-state index contributed by atoms with van der Waals surface area (Å²) in [5, 5.41) is 0. The zero-order valence-corrected chi connectivity index (χ0v) is 12.6. The molecule has 116 valence electrons. The van der Waals surface area contributed by atoms with Gasteiger partial charge in [0.1, 0.15) is 6.10 Å². The Morgan fingerprint density at radius 1 is 1.10 bits per heavy atom. The fourth-order valence-corrected chi connectivity index (χ4v) is 3.02. The molecular weight excluding hydrogens is 256 g/mol. The largest absolute Gasteiger partial charge is 0.462 e. The summed E-state index contributed by atoms with van der Waals surface area (Å²) in [5.41, 5.74) is 0. The van der Waals surface area contributed by atoms with Crippen LogP contribution in [-0.2, 0) is 19.0 Å².